The standard InChI is InChI=1S/C8H13N3O2S/c1-5-11-6(4-14-5)2-10-3-7(12)8(9)13/h4,7,10,12H,2-3H2,1H3,(H2,9,13). The van der Waals surface area contributed by atoms with Gasteiger partial charge in [0.1, 0.15) is 6.10 Å². The Bertz CT molecular complexity index is 313. The van der Waals surface area contributed by atoms with Gasteiger partial charge in [-0.2, -0.15) is 0 Å². The van der Waals surface area contributed by atoms with E-state index in [1.54, 1.807) is 11.3 Å². The van der Waals surface area contributed by atoms with Crippen molar-refractivity contribution in [2.45, 2.75) is 19.6 Å². The molecule has 0 saturated heterocycles. The Hall–Kier alpha value is -0.980. The number of rotatable bonds is 5. The summed E-state index contributed by atoms with van der Waals surface area (Å²) < 4.78 is 0. The Labute approximate surface area is 86.0 Å². The highest BCUT2D eigenvalue weighted by molar-refractivity contribution is 7.09. The van der Waals surface area contributed by atoms with E-state index in [9.17, 15) is 4.79 Å². The number of thiazole rings is 1. The van der Waals surface area contributed by atoms with Crippen LogP contribution >= 0.6 is 11.3 Å². The number of carbonyl (C=O) groups is 1. The number of amides is 1. The van der Waals surface area contributed by atoms with E-state index in [0.717, 1.165) is 10.7 Å². The molecule has 0 fully saturated rings. The van der Waals surface area contributed by atoms with Crippen molar-refractivity contribution in [2.24, 2.45) is 5.73 Å². The highest BCUT2D eigenvalue weighted by Crippen LogP contribution is 2.06. The van der Waals surface area contributed by atoms with E-state index in [-0.39, 0.29) is 6.54 Å². The number of aliphatic hydroxyl groups excluding tert-OH is 1. The Morgan fingerprint density at radius 2 is 2.57 bits per heavy atom. The van der Waals surface area contributed by atoms with Gasteiger partial charge in [0, 0.05) is 18.5 Å². The average Bonchev–Trinajstić information content (AvgIpc) is 2.51. The molecule has 5 nitrogen and oxygen atoms in total. The summed E-state index contributed by atoms with van der Waals surface area (Å²) in [5, 5.41) is 14.9. The summed E-state index contributed by atoms with van der Waals surface area (Å²) in [4.78, 5) is 14.7. The molecular formula is C8H13N3O2S. The molecule has 6 heteroatoms. The smallest absolute Gasteiger partial charge is 0.247 e. The van der Waals surface area contributed by atoms with E-state index in [2.05, 4.69) is 10.3 Å². The average molecular weight is 215 g/mol. The molecule has 14 heavy (non-hydrogen) atoms. The zero-order valence-electron chi connectivity index (χ0n) is 7.86. The van der Waals surface area contributed by atoms with Crippen LogP contribution in [0.1, 0.15) is 10.7 Å². The molecule has 0 bridgehead atoms. The zero-order chi connectivity index (χ0) is 10.6. The predicted octanol–water partition coefficient (Wildman–Crippen LogP) is -0.613. The fraction of sp³-hybridized carbons (Fsp3) is 0.500. The maximum atomic E-state index is 10.5. The van der Waals surface area contributed by atoms with Gasteiger partial charge in [-0.05, 0) is 6.92 Å². The van der Waals surface area contributed by atoms with Crippen molar-refractivity contribution in [1.82, 2.24) is 10.3 Å². The predicted molar refractivity (Wildman–Crippen MR) is 53.8 cm³/mol. The molecule has 1 rings (SSSR count). The number of primary amides is 1. The van der Waals surface area contributed by atoms with Crippen LogP contribution in [0.5, 0.6) is 0 Å². The van der Waals surface area contributed by atoms with Crippen molar-refractivity contribution in [2.75, 3.05) is 6.54 Å². The van der Waals surface area contributed by atoms with Crippen LogP contribution in [-0.4, -0.2) is 28.6 Å². The highest BCUT2D eigenvalue weighted by atomic mass is 32.1. The molecule has 0 aromatic carbocycles. The number of nitrogens with two attached hydrogens (primary N) is 1. The lowest BCUT2D eigenvalue weighted by Crippen LogP contribution is -2.37. The minimum absolute atomic E-state index is 0.159. The summed E-state index contributed by atoms with van der Waals surface area (Å²) in [6.07, 6.45) is -1.13. The third-order valence-corrected chi connectivity index (χ3v) is 2.46. The molecule has 0 radical (unpaired) electrons. The zero-order valence-corrected chi connectivity index (χ0v) is 8.67. The minimum atomic E-state index is -1.13. The van der Waals surface area contributed by atoms with E-state index < -0.39 is 12.0 Å². The second kappa shape index (κ2) is 5.04. The maximum absolute atomic E-state index is 10.5. The summed E-state index contributed by atoms with van der Waals surface area (Å²) in [7, 11) is 0. The molecule has 1 heterocycles. The van der Waals surface area contributed by atoms with Gasteiger partial charge < -0.3 is 16.2 Å². The van der Waals surface area contributed by atoms with Gasteiger partial charge in [-0.3, -0.25) is 4.79 Å². The molecule has 1 amide bonds. The Morgan fingerprint density at radius 3 is 3.07 bits per heavy atom. The number of carbonyl (C=O) groups excluding carboxylic acids is 1. The monoisotopic (exact) mass is 215 g/mol. The summed E-state index contributed by atoms with van der Waals surface area (Å²) in [5.41, 5.74) is 5.78. The topological polar surface area (TPSA) is 88.2 Å². The lowest BCUT2D eigenvalue weighted by Gasteiger charge is -2.06. The molecular weight excluding hydrogens is 202 g/mol. The van der Waals surface area contributed by atoms with Crippen LogP contribution in [0.15, 0.2) is 5.38 Å². The Morgan fingerprint density at radius 1 is 1.86 bits per heavy atom. The van der Waals surface area contributed by atoms with Gasteiger partial charge in [0.05, 0.1) is 10.7 Å². The van der Waals surface area contributed by atoms with Crippen LogP contribution < -0.4 is 11.1 Å². The molecule has 78 valence electrons. The number of nitrogens with one attached hydrogen (secondary N) is 1. The summed E-state index contributed by atoms with van der Waals surface area (Å²) in [5.74, 6) is -0.716. The van der Waals surface area contributed by atoms with Gasteiger partial charge in [-0.1, -0.05) is 0 Å². The van der Waals surface area contributed by atoms with Gasteiger partial charge in [0.25, 0.3) is 0 Å². The number of hydrogen-bond donors (Lipinski definition) is 3. The normalized spacial score (nSPS) is 12.7. The van der Waals surface area contributed by atoms with Gasteiger partial charge in [0.2, 0.25) is 5.91 Å². The van der Waals surface area contributed by atoms with Crippen LogP contribution in [0.3, 0.4) is 0 Å². The number of aryl methyl sites for hydroxylation is 1. The first-order valence-electron chi connectivity index (χ1n) is 4.18. The molecule has 4 N–H and O–H groups in total. The van der Waals surface area contributed by atoms with Crippen molar-refractivity contribution >= 4 is 17.2 Å². The van der Waals surface area contributed by atoms with Crippen molar-refractivity contribution in [3.8, 4) is 0 Å². The summed E-state index contributed by atoms with van der Waals surface area (Å²) in [6.45, 7) is 2.62. The molecule has 1 atom stereocenters. The van der Waals surface area contributed by atoms with Crippen molar-refractivity contribution in [3.63, 3.8) is 0 Å². The second-order valence-electron chi connectivity index (χ2n) is 2.91. The van der Waals surface area contributed by atoms with Crippen LogP contribution in [0, 0.1) is 6.92 Å². The second-order valence-corrected chi connectivity index (χ2v) is 3.97. The fourth-order valence-corrected chi connectivity index (χ4v) is 1.54. The number of nitrogens with zero attached hydrogens (tertiary/aromatic N) is 1. The minimum Gasteiger partial charge on any atom is -0.382 e. The maximum Gasteiger partial charge on any atom is 0.247 e. The number of aliphatic hydroxyl groups is 1. The molecule has 0 aliphatic carbocycles. The first-order chi connectivity index (χ1) is 6.59. The first kappa shape index (κ1) is 11.1. The third-order valence-electron chi connectivity index (χ3n) is 1.64. The SMILES string of the molecule is Cc1nc(CNCC(O)C(N)=O)cs1. The fourth-order valence-electron chi connectivity index (χ4n) is 0.927. The Kier molecular flexibility index (Phi) is 3.99. The largest absolute Gasteiger partial charge is 0.382 e. The highest BCUT2D eigenvalue weighted by Gasteiger charge is 2.09. The van der Waals surface area contributed by atoms with Crippen LogP contribution in [0.2, 0.25) is 0 Å². The van der Waals surface area contributed by atoms with Crippen molar-refractivity contribution < 1.29 is 9.90 Å². The van der Waals surface area contributed by atoms with Crippen LogP contribution in [-0.2, 0) is 11.3 Å². The Balaban J connectivity index is 2.25. The molecule has 0 aliphatic rings. The van der Waals surface area contributed by atoms with Crippen LogP contribution in [0.25, 0.3) is 0 Å². The van der Waals surface area contributed by atoms with E-state index in [4.69, 9.17) is 10.8 Å². The third kappa shape index (κ3) is 3.41. The first-order valence-corrected chi connectivity index (χ1v) is 5.06. The molecule has 1 unspecified atom stereocenters. The molecule has 1 aromatic heterocycles. The molecule has 0 aliphatic heterocycles. The molecule has 0 spiro atoms. The summed E-state index contributed by atoms with van der Waals surface area (Å²) >= 11 is 1.56. The van der Waals surface area contributed by atoms with Gasteiger partial charge in [0.15, 0.2) is 0 Å². The van der Waals surface area contributed by atoms with Crippen LogP contribution in [0.4, 0.5) is 0 Å². The lowest BCUT2D eigenvalue weighted by atomic mass is 10.3. The van der Waals surface area contributed by atoms with Gasteiger partial charge >= 0.3 is 0 Å². The van der Waals surface area contributed by atoms with Gasteiger partial charge in [-0.15, -0.1) is 11.3 Å². The molecule has 0 saturated carbocycles. The van der Waals surface area contributed by atoms with E-state index in [1.807, 2.05) is 12.3 Å². The van der Waals surface area contributed by atoms with Gasteiger partial charge in [-0.25, -0.2) is 4.98 Å². The van der Waals surface area contributed by atoms with Crippen molar-refractivity contribution in [3.05, 3.63) is 16.1 Å². The molecule has 1 aromatic rings. The number of hydrogen-bond acceptors (Lipinski definition) is 5. The van der Waals surface area contributed by atoms with E-state index in [1.165, 1.54) is 0 Å². The van der Waals surface area contributed by atoms with E-state index >= 15 is 0 Å². The van der Waals surface area contributed by atoms with Crippen molar-refractivity contribution in [1.29, 1.82) is 0 Å². The quantitative estimate of drug-likeness (QED) is 0.611. The number of aromatic nitrogens is 1. The summed E-state index contributed by atoms with van der Waals surface area (Å²) in [6, 6.07) is 0. The van der Waals surface area contributed by atoms with E-state index in [0.29, 0.717) is 6.54 Å². The lowest BCUT2D eigenvalue weighted by molar-refractivity contribution is -0.125.